The van der Waals surface area contributed by atoms with Gasteiger partial charge in [-0.3, -0.25) is 0 Å². The second-order valence-electron chi connectivity index (χ2n) is 10.8. The van der Waals surface area contributed by atoms with E-state index in [1.54, 1.807) is 17.4 Å². The zero-order valence-electron chi connectivity index (χ0n) is 23.0. The van der Waals surface area contributed by atoms with E-state index < -0.39 is 0 Å². The highest BCUT2D eigenvalue weighted by atomic mass is 32.1. The molecular formula is C34H31N3S. The molecule has 0 fully saturated rings. The predicted molar refractivity (Wildman–Crippen MR) is 159 cm³/mol. The Bertz CT molecular complexity index is 1680. The van der Waals surface area contributed by atoms with Gasteiger partial charge in [0, 0.05) is 32.2 Å². The summed E-state index contributed by atoms with van der Waals surface area (Å²) in [4.78, 5) is 4.53. The largest absolute Gasteiger partial charge is 0.310 e. The van der Waals surface area contributed by atoms with Crippen LogP contribution in [-0.4, -0.2) is 0 Å². The lowest BCUT2D eigenvalue weighted by Crippen LogP contribution is -2.16. The van der Waals surface area contributed by atoms with Crippen LogP contribution in [0.1, 0.15) is 57.7 Å². The van der Waals surface area contributed by atoms with Crippen LogP contribution < -0.4 is 4.90 Å². The second-order valence-corrected chi connectivity index (χ2v) is 11.9. The highest BCUT2D eigenvalue weighted by Gasteiger charge is 2.38. The molecule has 0 spiro atoms. The summed E-state index contributed by atoms with van der Waals surface area (Å²) in [6, 6.07) is 24.1. The molecule has 0 unspecified atom stereocenters. The smallest absolute Gasteiger partial charge is 0.131 e. The third-order valence-electron chi connectivity index (χ3n) is 8.05. The van der Waals surface area contributed by atoms with Gasteiger partial charge in [0.2, 0.25) is 0 Å². The van der Waals surface area contributed by atoms with Crippen LogP contribution in [0.3, 0.4) is 0 Å². The van der Waals surface area contributed by atoms with E-state index in [1.807, 2.05) is 12.1 Å². The van der Waals surface area contributed by atoms with E-state index in [1.165, 1.54) is 49.4 Å². The van der Waals surface area contributed by atoms with Crippen molar-refractivity contribution >= 4 is 34.5 Å². The fraction of sp³-hybridized carbons (Fsp3) is 0.235. The average molecular weight is 514 g/mol. The van der Waals surface area contributed by atoms with Crippen LogP contribution in [0, 0.1) is 57.3 Å². The van der Waals surface area contributed by atoms with Crippen molar-refractivity contribution in [2.45, 2.75) is 53.9 Å². The first-order valence-electron chi connectivity index (χ1n) is 12.8. The molecule has 0 amide bonds. The molecule has 3 nitrogen and oxygen atoms in total. The monoisotopic (exact) mass is 513 g/mol. The van der Waals surface area contributed by atoms with E-state index in [0.717, 1.165) is 21.9 Å². The summed E-state index contributed by atoms with van der Waals surface area (Å²) in [7, 11) is 0. The first kappa shape index (κ1) is 25.5. The minimum absolute atomic E-state index is 0.131. The Balaban J connectivity index is 1.68. The molecule has 5 rings (SSSR count). The van der Waals surface area contributed by atoms with Crippen molar-refractivity contribution in [1.82, 2.24) is 0 Å². The fourth-order valence-electron chi connectivity index (χ4n) is 5.36. The summed E-state index contributed by atoms with van der Waals surface area (Å²) in [5.74, 6) is 0. The summed E-state index contributed by atoms with van der Waals surface area (Å²) in [5.41, 5.74) is 13.6. The van der Waals surface area contributed by atoms with E-state index >= 15 is 0 Å². The molecule has 4 heteroatoms. The van der Waals surface area contributed by atoms with Crippen molar-refractivity contribution in [2.75, 3.05) is 4.90 Å². The van der Waals surface area contributed by atoms with Crippen LogP contribution in [0.25, 0.3) is 16.5 Å². The van der Waals surface area contributed by atoms with Crippen molar-refractivity contribution in [3.05, 3.63) is 104 Å². The summed E-state index contributed by atoms with van der Waals surface area (Å²) in [6.07, 6.45) is 1.69. The Morgan fingerprint density at radius 2 is 1.34 bits per heavy atom. The molecular weight excluding hydrogens is 482 g/mol. The molecule has 1 aromatic heterocycles. The molecule has 0 radical (unpaired) electrons. The highest BCUT2D eigenvalue weighted by Crippen LogP contribution is 2.54. The Labute approximate surface area is 229 Å². The molecule has 0 bridgehead atoms. The number of benzene rings is 3. The normalized spacial score (nSPS) is 12.8. The number of thiophene rings is 1. The minimum atomic E-state index is -0.198. The molecule has 0 N–H and O–H groups in total. The zero-order chi connectivity index (χ0) is 27.4. The number of hydrogen-bond acceptors (Lipinski definition) is 4. The van der Waals surface area contributed by atoms with Crippen molar-refractivity contribution in [2.24, 2.45) is 0 Å². The maximum atomic E-state index is 9.21. The lowest BCUT2D eigenvalue weighted by Gasteiger charge is -2.29. The Kier molecular flexibility index (Phi) is 6.26. The highest BCUT2D eigenvalue weighted by molar-refractivity contribution is 7.16. The van der Waals surface area contributed by atoms with Gasteiger partial charge in [-0.2, -0.15) is 10.5 Å². The van der Waals surface area contributed by atoms with Gasteiger partial charge in [0.05, 0.1) is 0 Å². The van der Waals surface area contributed by atoms with Gasteiger partial charge >= 0.3 is 0 Å². The number of hydrogen-bond donors (Lipinski definition) is 0. The van der Waals surface area contributed by atoms with Crippen molar-refractivity contribution in [3.63, 3.8) is 0 Å². The van der Waals surface area contributed by atoms with Crippen molar-refractivity contribution < 1.29 is 0 Å². The molecule has 0 aliphatic heterocycles. The van der Waals surface area contributed by atoms with Gasteiger partial charge in [0.1, 0.15) is 17.7 Å². The number of rotatable bonds is 4. The first-order valence-corrected chi connectivity index (χ1v) is 13.6. The minimum Gasteiger partial charge on any atom is -0.310 e. The third kappa shape index (κ3) is 4.12. The van der Waals surface area contributed by atoms with Gasteiger partial charge in [-0.1, -0.05) is 26.0 Å². The van der Waals surface area contributed by atoms with Gasteiger partial charge in [0.25, 0.3) is 0 Å². The Morgan fingerprint density at radius 1 is 0.737 bits per heavy atom. The van der Waals surface area contributed by atoms with Crippen LogP contribution in [0.15, 0.2) is 60.2 Å². The lowest BCUT2D eigenvalue weighted by atomic mass is 9.82. The third-order valence-corrected chi connectivity index (χ3v) is 9.17. The van der Waals surface area contributed by atoms with E-state index in [4.69, 9.17) is 0 Å². The second kappa shape index (κ2) is 9.32. The summed E-state index contributed by atoms with van der Waals surface area (Å²) >= 11 is 1.65. The number of nitriles is 2. The molecule has 188 valence electrons. The number of nitrogens with zero attached hydrogens (tertiary/aromatic N) is 3. The lowest BCUT2D eigenvalue weighted by molar-refractivity contribution is 0.662. The number of aryl methyl sites for hydroxylation is 4. The Hall–Kier alpha value is -4.12. The molecule has 0 atom stereocenters. The van der Waals surface area contributed by atoms with E-state index in [2.05, 4.69) is 108 Å². The van der Waals surface area contributed by atoms with Gasteiger partial charge in [0.15, 0.2) is 0 Å². The van der Waals surface area contributed by atoms with Gasteiger partial charge in [-0.25, -0.2) is 0 Å². The summed E-state index contributed by atoms with van der Waals surface area (Å²) in [5, 5.41) is 18.4. The van der Waals surface area contributed by atoms with Crippen LogP contribution in [0.5, 0.6) is 0 Å². The van der Waals surface area contributed by atoms with Gasteiger partial charge in [-0.05, 0) is 128 Å². The number of allylic oxidation sites excluding steroid dienone is 1. The summed E-state index contributed by atoms with van der Waals surface area (Å²) in [6.45, 7) is 15.4. The molecule has 0 saturated heterocycles. The van der Waals surface area contributed by atoms with Crippen LogP contribution in [0.4, 0.5) is 17.1 Å². The van der Waals surface area contributed by atoms with Crippen molar-refractivity contribution in [3.8, 4) is 22.6 Å². The maximum Gasteiger partial charge on any atom is 0.131 e. The molecule has 3 aromatic carbocycles. The predicted octanol–water partition coefficient (Wildman–Crippen LogP) is 9.50. The van der Waals surface area contributed by atoms with Crippen LogP contribution in [0.2, 0.25) is 0 Å². The molecule has 4 aromatic rings. The summed E-state index contributed by atoms with van der Waals surface area (Å²) < 4.78 is 0. The standard InChI is InChI=1S/C34H31N3S/c1-20-8-9-26(12-21(20)2)37(28-13-22(3)24(5)23(4)14-28)27-10-11-30-31(16-27)34(6,7)32-17-29(38-33(30)32)15-25(18-35)19-36/h8-17H,1-7H3. The van der Waals surface area contributed by atoms with Crippen LogP contribution >= 0.6 is 11.3 Å². The maximum absolute atomic E-state index is 9.21. The molecule has 1 heterocycles. The number of fused-ring (bicyclic) bond motifs is 3. The van der Waals surface area contributed by atoms with Gasteiger partial charge < -0.3 is 4.90 Å². The zero-order valence-corrected chi connectivity index (χ0v) is 23.8. The SMILES string of the molecule is Cc1ccc(N(c2cc(C)c(C)c(C)c2)c2ccc3c(c2)C(C)(C)c2cc(C=C(C#N)C#N)sc2-3)cc1C. The Morgan fingerprint density at radius 3 is 1.97 bits per heavy atom. The van der Waals surface area contributed by atoms with E-state index in [9.17, 15) is 10.5 Å². The topological polar surface area (TPSA) is 50.8 Å². The van der Waals surface area contributed by atoms with Gasteiger partial charge in [-0.15, -0.1) is 11.3 Å². The molecule has 0 saturated carbocycles. The fourth-order valence-corrected chi connectivity index (χ4v) is 6.66. The average Bonchev–Trinajstić information content (AvgIpc) is 3.40. The molecule has 38 heavy (non-hydrogen) atoms. The number of anilines is 3. The van der Waals surface area contributed by atoms with E-state index in [-0.39, 0.29) is 11.0 Å². The first-order chi connectivity index (χ1) is 18.0. The molecule has 1 aliphatic rings. The molecule has 1 aliphatic carbocycles. The van der Waals surface area contributed by atoms with Crippen LogP contribution in [-0.2, 0) is 5.41 Å². The van der Waals surface area contributed by atoms with Crippen molar-refractivity contribution in [1.29, 1.82) is 10.5 Å². The quantitative estimate of drug-likeness (QED) is 0.255. The van der Waals surface area contributed by atoms with E-state index in [0.29, 0.717) is 0 Å².